The van der Waals surface area contributed by atoms with E-state index in [4.69, 9.17) is 30.8 Å². The molecule has 1 unspecified atom stereocenters. The van der Waals surface area contributed by atoms with E-state index in [1.807, 2.05) is 36.4 Å². The van der Waals surface area contributed by atoms with Gasteiger partial charge in [-0.3, -0.25) is 9.36 Å². The molecule has 0 saturated carbocycles. The third kappa shape index (κ3) is 7.62. The van der Waals surface area contributed by atoms with E-state index in [2.05, 4.69) is 4.98 Å². The highest BCUT2D eigenvalue weighted by Crippen LogP contribution is 2.45. The number of amides is 1. The molecule has 1 aliphatic rings. The minimum Gasteiger partial charge on any atom is -0.488 e. The average molecular weight is 692 g/mol. The molecule has 3 aromatic carbocycles. The topological polar surface area (TPSA) is 96.0 Å². The Bertz CT molecular complexity index is 1980. The Labute approximate surface area is 284 Å². The summed E-state index contributed by atoms with van der Waals surface area (Å²) in [5, 5.41) is -0.566. The van der Waals surface area contributed by atoms with Crippen LogP contribution in [0.15, 0.2) is 101 Å². The van der Waals surface area contributed by atoms with Crippen molar-refractivity contribution in [1.82, 2.24) is 14.5 Å². The van der Waals surface area contributed by atoms with Gasteiger partial charge in [0.1, 0.15) is 36.6 Å². The van der Waals surface area contributed by atoms with E-state index in [1.165, 1.54) is 30.9 Å². The highest BCUT2D eigenvalue weighted by molar-refractivity contribution is 7.80. The van der Waals surface area contributed by atoms with Crippen LogP contribution in [0.1, 0.15) is 52.9 Å². The summed E-state index contributed by atoms with van der Waals surface area (Å²) in [7, 11) is 0. The molecule has 9 nitrogen and oxygen atoms in total. The number of halogens is 3. The molecule has 1 amide bonds. The second kappa shape index (κ2) is 14.5. The zero-order valence-electron chi connectivity index (χ0n) is 26.4. The van der Waals surface area contributed by atoms with Gasteiger partial charge < -0.3 is 23.5 Å². The number of nitrogens with zero attached hydrogens (tertiary/aromatic N) is 3. The van der Waals surface area contributed by atoms with Crippen molar-refractivity contribution in [3.8, 4) is 5.75 Å². The molecule has 0 spiro atoms. The first-order valence-electron chi connectivity index (χ1n) is 15.6. The van der Waals surface area contributed by atoms with Gasteiger partial charge in [-0.15, -0.1) is 0 Å². The first kappa shape index (κ1) is 33.7. The number of likely N-dealkylation sites (tertiary alicyclic amines) is 1. The number of alkyl halides is 3. The standard InChI is InChI=1S/C36H32F3N3O6S/c1-23-30(43)27-12-13-28(45-20-24-8-4-2-5-9-24)29(33(36(37,38)39)48-35(49)42-19-16-40-22-42)32(27)47-31(23)26-14-17-41(18-15-26)34(44)46-21-25-10-6-3-7-11-25/h2-13,16,19,22,26,33H,14-15,17-18,20-21H2,1H3. The number of imidazole rings is 1. The molecule has 3 heterocycles. The summed E-state index contributed by atoms with van der Waals surface area (Å²) in [6.07, 6.45) is -3.39. The van der Waals surface area contributed by atoms with Crippen LogP contribution in [0.5, 0.6) is 5.75 Å². The van der Waals surface area contributed by atoms with E-state index in [0.29, 0.717) is 31.5 Å². The van der Waals surface area contributed by atoms with Gasteiger partial charge in [-0.2, -0.15) is 13.2 Å². The van der Waals surface area contributed by atoms with Crippen LogP contribution in [0, 0.1) is 6.92 Å². The van der Waals surface area contributed by atoms with Gasteiger partial charge >= 0.3 is 12.3 Å². The van der Waals surface area contributed by atoms with E-state index in [9.17, 15) is 22.8 Å². The molecule has 49 heavy (non-hydrogen) atoms. The van der Waals surface area contributed by atoms with Crippen molar-refractivity contribution in [2.45, 2.75) is 51.2 Å². The van der Waals surface area contributed by atoms with Gasteiger partial charge in [-0.05, 0) is 55.2 Å². The van der Waals surface area contributed by atoms with Gasteiger partial charge in [0.25, 0.3) is 5.17 Å². The number of fused-ring (bicyclic) bond motifs is 1. The maximum absolute atomic E-state index is 15.0. The molecule has 0 bridgehead atoms. The third-order valence-electron chi connectivity index (χ3n) is 8.38. The SMILES string of the molecule is Cc1c(C2CCN(C(=O)OCc3ccccc3)CC2)oc2c(C(OC(=S)n3ccnc3)C(F)(F)F)c(OCc3ccccc3)ccc2c1=O. The smallest absolute Gasteiger partial charge is 0.430 e. The van der Waals surface area contributed by atoms with E-state index >= 15 is 0 Å². The molecular weight excluding hydrogens is 659 g/mol. The van der Waals surface area contributed by atoms with Crippen molar-refractivity contribution in [1.29, 1.82) is 0 Å². The van der Waals surface area contributed by atoms with E-state index in [0.717, 1.165) is 10.1 Å². The molecule has 1 aliphatic heterocycles. The number of thiocarbonyl (C=S) groups is 1. The Hall–Kier alpha value is -5.17. The summed E-state index contributed by atoms with van der Waals surface area (Å²) in [6, 6.07) is 20.9. The van der Waals surface area contributed by atoms with E-state index in [-0.39, 0.29) is 47.2 Å². The van der Waals surface area contributed by atoms with Gasteiger partial charge in [-0.25, -0.2) is 9.78 Å². The molecule has 0 aliphatic carbocycles. The Morgan fingerprint density at radius 1 is 1.00 bits per heavy atom. The van der Waals surface area contributed by atoms with Crippen molar-refractivity contribution in [3.63, 3.8) is 0 Å². The van der Waals surface area contributed by atoms with Crippen LogP contribution in [0.4, 0.5) is 18.0 Å². The number of carbonyl (C=O) groups excluding carboxylic acids is 1. The molecule has 6 rings (SSSR count). The van der Waals surface area contributed by atoms with E-state index in [1.54, 1.807) is 36.1 Å². The number of carbonyl (C=O) groups is 1. The number of benzene rings is 3. The molecule has 13 heteroatoms. The molecule has 0 N–H and O–H groups in total. The van der Waals surface area contributed by atoms with Crippen molar-refractivity contribution in [2.75, 3.05) is 13.1 Å². The molecule has 5 aromatic rings. The Morgan fingerprint density at radius 2 is 1.65 bits per heavy atom. The summed E-state index contributed by atoms with van der Waals surface area (Å²) in [5.74, 6) is -0.287. The number of hydrogen-bond acceptors (Lipinski definition) is 8. The van der Waals surface area contributed by atoms with Gasteiger partial charge in [-0.1, -0.05) is 60.7 Å². The molecule has 1 saturated heterocycles. The van der Waals surface area contributed by atoms with E-state index < -0.39 is 34.5 Å². The Balaban J connectivity index is 1.35. The maximum Gasteiger partial charge on any atom is 0.430 e. The summed E-state index contributed by atoms with van der Waals surface area (Å²) >= 11 is 5.21. The molecular formula is C36H32F3N3O6S. The van der Waals surface area contributed by atoms with Crippen LogP contribution >= 0.6 is 12.2 Å². The van der Waals surface area contributed by atoms with Crippen LogP contribution in [-0.4, -0.2) is 45.0 Å². The number of ether oxygens (including phenoxy) is 3. The summed E-state index contributed by atoms with van der Waals surface area (Å²) in [6.45, 7) is 2.27. The highest BCUT2D eigenvalue weighted by atomic mass is 32.1. The third-order valence-corrected chi connectivity index (χ3v) is 8.69. The fraction of sp³-hybridized carbons (Fsp3) is 0.278. The van der Waals surface area contributed by atoms with Gasteiger partial charge in [0, 0.05) is 37.0 Å². The quantitative estimate of drug-likeness (QED) is 0.152. The van der Waals surface area contributed by atoms with Gasteiger partial charge in [0.2, 0.25) is 6.10 Å². The number of aromatic nitrogens is 2. The predicted molar refractivity (Wildman–Crippen MR) is 178 cm³/mol. The summed E-state index contributed by atoms with van der Waals surface area (Å²) < 4.78 is 69.2. The Morgan fingerprint density at radius 3 is 2.27 bits per heavy atom. The molecule has 254 valence electrons. The van der Waals surface area contributed by atoms with Crippen LogP contribution < -0.4 is 10.2 Å². The van der Waals surface area contributed by atoms with Crippen molar-refractivity contribution >= 4 is 34.5 Å². The average Bonchev–Trinajstić information content (AvgIpc) is 3.66. The Kier molecular flexibility index (Phi) is 10.00. The van der Waals surface area contributed by atoms with Crippen LogP contribution in [0.3, 0.4) is 0 Å². The summed E-state index contributed by atoms with van der Waals surface area (Å²) in [5.41, 5.74) is 0.552. The van der Waals surface area contributed by atoms with Crippen molar-refractivity contribution < 1.29 is 36.6 Å². The van der Waals surface area contributed by atoms with Crippen LogP contribution in [0.2, 0.25) is 0 Å². The molecule has 1 atom stereocenters. The summed E-state index contributed by atoms with van der Waals surface area (Å²) in [4.78, 5) is 31.9. The molecule has 1 fully saturated rings. The minimum atomic E-state index is -5.00. The zero-order valence-corrected chi connectivity index (χ0v) is 27.2. The number of rotatable bonds is 8. The van der Waals surface area contributed by atoms with Crippen molar-refractivity contribution in [2.24, 2.45) is 0 Å². The second-order valence-corrected chi connectivity index (χ2v) is 12.0. The first-order chi connectivity index (χ1) is 23.6. The number of piperidine rings is 1. The fourth-order valence-corrected chi connectivity index (χ4v) is 6.03. The first-order valence-corrected chi connectivity index (χ1v) is 16.0. The van der Waals surface area contributed by atoms with Crippen LogP contribution in [-0.2, 0) is 22.7 Å². The lowest BCUT2D eigenvalue weighted by Gasteiger charge is -2.31. The molecule has 2 aromatic heterocycles. The monoisotopic (exact) mass is 691 g/mol. The normalized spacial score (nSPS) is 14.4. The number of hydrogen-bond donors (Lipinski definition) is 0. The van der Waals surface area contributed by atoms with Gasteiger partial charge in [0.05, 0.1) is 10.9 Å². The predicted octanol–water partition coefficient (Wildman–Crippen LogP) is 7.85. The zero-order chi connectivity index (χ0) is 34.5. The fourth-order valence-electron chi connectivity index (χ4n) is 5.82. The molecule has 0 radical (unpaired) electrons. The van der Waals surface area contributed by atoms with Crippen molar-refractivity contribution in [3.05, 3.63) is 130 Å². The minimum absolute atomic E-state index is 0.0579. The lowest BCUT2D eigenvalue weighted by molar-refractivity contribution is -0.202. The lowest BCUT2D eigenvalue weighted by Crippen LogP contribution is -2.38. The maximum atomic E-state index is 15.0. The lowest BCUT2D eigenvalue weighted by atomic mass is 9.91. The second-order valence-electron chi connectivity index (χ2n) is 11.6. The largest absolute Gasteiger partial charge is 0.488 e. The van der Waals surface area contributed by atoms with Gasteiger partial charge in [0.15, 0.2) is 5.43 Å². The highest BCUT2D eigenvalue weighted by Gasteiger charge is 2.47. The van der Waals surface area contributed by atoms with Crippen LogP contribution in [0.25, 0.3) is 11.0 Å².